The van der Waals surface area contributed by atoms with Gasteiger partial charge in [0.15, 0.2) is 0 Å². The van der Waals surface area contributed by atoms with Crippen molar-refractivity contribution in [3.63, 3.8) is 0 Å². The number of rotatable bonds is 5. The molecule has 1 aliphatic carbocycles. The molecule has 138 valence electrons. The van der Waals surface area contributed by atoms with E-state index in [4.69, 9.17) is 0 Å². The number of sulfonamides is 1. The number of aromatic carboxylic acids is 1. The van der Waals surface area contributed by atoms with Gasteiger partial charge in [0.2, 0.25) is 0 Å². The Kier molecular flexibility index (Phi) is 5.05. The van der Waals surface area contributed by atoms with Gasteiger partial charge in [0, 0.05) is 0 Å². The predicted octanol–water partition coefficient (Wildman–Crippen LogP) is 4.19. The largest absolute Gasteiger partial charge is 0.478 e. The molecule has 0 unspecified atom stereocenters. The van der Waals surface area contributed by atoms with Gasteiger partial charge in [-0.15, -0.1) is 0 Å². The lowest BCUT2D eigenvalue weighted by atomic mass is 9.87. The Morgan fingerprint density at radius 2 is 1.69 bits per heavy atom. The summed E-state index contributed by atoms with van der Waals surface area (Å²) in [5, 5.41) is 9.65. The lowest BCUT2D eigenvalue weighted by molar-refractivity contribution is 0.0696. The summed E-state index contributed by atoms with van der Waals surface area (Å²) >= 11 is 0. The monoisotopic (exact) mass is 373 g/mol. The lowest BCUT2D eigenvalue weighted by Crippen LogP contribution is -2.18. The topological polar surface area (TPSA) is 83.5 Å². The number of fused-ring (bicyclic) bond motifs is 1. The number of carboxylic acids is 1. The smallest absolute Gasteiger partial charge is 0.338 e. The Balaban J connectivity index is 1.98. The van der Waals surface area contributed by atoms with Gasteiger partial charge >= 0.3 is 5.97 Å². The molecule has 0 fully saturated rings. The van der Waals surface area contributed by atoms with E-state index in [-0.39, 0.29) is 16.1 Å². The molecular weight excluding hydrogens is 350 g/mol. The summed E-state index contributed by atoms with van der Waals surface area (Å²) in [7, 11) is -3.85. The van der Waals surface area contributed by atoms with Crippen LogP contribution in [0.15, 0.2) is 41.3 Å². The molecule has 1 aliphatic rings. The minimum atomic E-state index is -3.85. The van der Waals surface area contributed by atoms with Crippen molar-refractivity contribution in [3.8, 4) is 0 Å². The SMILES string of the molecule is CC(C)c1ccc(S(=O)(=O)Nc2ccc3c(c2C(=O)O)CCCC3)cc1. The first-order chi connectivity index (χ1) is 12.3. The zero-order valence-electron chi connectivity index (χ0n) is 15.0. The van der Waals surface area contributed by atoms with Gasteiger partial charge in [0.05, 0.1) is 16.1 Å². The highest BCUT2D eigenvalue weighted by atomic mass is 32.2. The highest BCUT2D eigenvalue weighted by molar-refractivity contribution is 7.92. The Morgan fingerprint density at radius 3 is 2.31 bits per heavy atom. The fraction of sp³-hybridized carbons (Fsp3) is 0.350. The number of hydrogen-bond donors (Lipinski definition) is 2. The molecule has 0 aliphatic heterocycles. The van der Waals surface area contributed by atoms with Gasteiger partial charge in [-0.1, -0.05) is 32.0 Å². The predicted molar refractivity (Wildman–Crippen MR) is 101 cm³/mol. The van der Waals surface area contributed by atoms with E-state index in [9.17, 15) is 18.3 Å². The molecule has 0 radical (unpaired) electrons. The summed E-state index contributed by atoms with van der Waals surface area (Å²) in [6.07, 6.45) is 3.44. The molecule has 26 heavy (non-hydrogen) atoms. The molecule has 2 aromatic rings. The lowest BCUT2D eigenvalue weighted by Gasteiger charge is -2.21. The first kappa shape index (κ1) is 18.5. The zero-order chi connectivity index (χ0) is 18.9. The Morgan fingerprint density at radius 1 is 1.04 bits per heavy atom. The van der Waals surface area contributed by atoms with Gasteiger partial charge in [0.1, 0.15) is 0 Å². The van der Waals surface area contributed by atoms with Crippen LogP contribution in [0.4, 0.5) is 5.69 Å². The number of hydrogen-bond acceptors (Lipinski definition) is 3. The Hall–Kier alpha value is -2.34. The number of anilines is 1. The third kappa shape index (κ3) is 3.60. The van der Waals surface area contributed by atoms with Crippen LogP contribution in [-0.2, 0) is 22.9 Å². The number of benzene rings is 2. The second kappa shape index (κ2) is 7.11. The quantitative estimate of drug-likeness (QED) is 0.823. The average Bonchev–Trinajstić information content (AvgIpc) is 2.61. The first-order valence-corrected chi connectivity index (χ1v) is 10.3. The molecule has 0 amide bonds. The van der Waals surface area contributed by atoms with Crippen LogP contribution in [0.2, 0.25) is 0 Å². The normalized spacial score (nSPS) is 14.1. The van der Waals surface area contributed by atoms with E-state index in [1.165, 1.54) is 0 Å². The van der Waals surface area contributed by atoms with Crippen molar-refractivity contribution in [2.24, 2.45) is 0 Å². The summed E-state index contributed by atoms with van der Waals surface area (Å²) in [5.41, 5.74) is 3.00. The summed E-state index contributed by atoms with van der Waals surface area (Å²) in [6.45, 7) is 4.07. The fourth-order valence-corrected chi connectivity index (χ4v) is 4.46. The molecule has 0 spiro atoms. The second-order valence-electron chi connectivity index (χ2n) is 6.97. The van der Waals surface area contributed by atoms with Crippen LogP contribution in [0.1, 0.15) is 59.7 Å². The van der Waals surface area contributed by atoms with Gasteiger partial charge in [-0.2, -0.15) is 0 Å². The summed E-state index contributed by atoms with van der Waals surface area (Å²) in [4.78, 5) is 11.9. The van der Waals surface area contributed by atoms with Gasteiger partial charge in [-0.25, -0.2) is 13.2 Å². The maximum absolute atomic E-state index is 12.7. The minimum absolute atomic E-state index is 0.0737. The van der Waals surface area contributed by atoms with Crippen molar-refractivity contribution >= 4 is 21.7 Å². The highest BCUT2D eigenvalue weighted by Crippen LogP contribution is 2.31. The number of aryl methyl sites for hydroxylation is 1. The van der Waals surface area contributed by atoms with Crippen molar-refractivity contribution < 1.29 is 18.3 Å². The van der Waals surface area contributed by atoms with Crippen LogP contribution >= 0.6 is 0 Å². The van der Waals surface area contributed by atoms with Crippen molar-refractivity contribution in [1.29, 1.82) is 0 Å². The minimum Gasteiger partial charge on any atom is -0.478 e. The molecule has 0 saturated heterocycles. The van der Waals surface area contributed by atoms with Crippen LogP contribution in [0, 0.1) is 0 Å². The van der Waals surface area contributed by atoms with Gasteiger partial charge in [0.25, 0.3) is 10.0 Å². The van der Waals surface area contributed by atoms with Crippen LogP contribution in [0.5, 0.6) is 0 Å². The summed E-state index contributed by atoms with van der Waals surface area (Å²) in [5.74, 6) is -0.796. The van der Waals surface area contributed by atoms with Gasteiger partial charge < -0.3 is 5.11 Å². The molecule has 0 bridgehead atoms. The number of carboxylic acid groups (broad SMARTS) is 1. The van der Waals surface area contributed by atoms with Crippen molar-refractivity contribution in [2.45, 2.75) is 50.3 Å². The molecule has 6 heteroatoms. The van der Waals surface area contributed by atoms with Crippen LogP contribution < -0.4 is 4.72 Å². The molecule has 3 rings (SSSR count). The van der Waals surface area contributed by atoms with Crippen molar-refractivity contribution in [3.05, 3.63) is 58.7 Å². The first-order valence-electron chi connectivity index (χ1n) is 8.80. The van der Waals surface area contributed by atoms with Gasteiger partial charge in [-0.3, -0.25) is 4.72 Å². The molecule has 0 atom stereocenters. The van der Waals surface area contributed by atoms with E-state index in [1.54, 1.807) is 30.3 Å². The third-order valence-corrected chi connectivity index (χ3v) is 6.23. The van der Waals surface area contributed by atoms with Crippen LogP contribution in [0.25, 0.3) is 0 Å². The summed E-state index contributed by atoms with van der Waals surface area (Å²) < 4.78 is 27.9. The van der Waals surface area contributed by atoms with E-state index >= 15 is 0 Å². The Labute approximate surface area is 154 Å². The highest BCUT2D eigenvalue weighted by Gasteiger charge is 2.24. The van der Waals surface area contributed by atoms with E-state index in [0.717, 1.165) is 36.0 Å². The Bertz CT molecular complexity index is 931. The van der Waals surface area contributed by atoms with Crippen molar-refractivity contribution in [2.75, 3.05) is 4.72 Å². The maximum atomic E-state index is 12.7. The van der Waals surface area contributed by atoms with Crippen LogP contribution in [-0.4, -0.2) is 19.5 Å². The zero-order valence-corrected chi connectivity index (χ0v) is 15.8. The van der Waals surface area contributed by atoms with Crippen molar-refractivity contribution in [1.82, 2.24) is 0 Å². The molecule has 2 aromatic carbocycles. The number of nitrogens with one attached hydrogen (secondary N) is 1. The fourth-order valence-electron chi connectivity index (χ4n) is 3.39. The molecule has 0 heterocycles. The molecule has 5 nitrogen and oxygen atoms in total. The van der Waals surface area contributed by atoms with E-state index in [0.29, 0.717) is 12.3 Å². The maximum Gasteiger partial charge on any atom is 0.338 e. The summed E-state index contributed by atoms with van der Waals surface area (Å²) in [6, 6.07) is 10.1. The van der Waals surface area contributed by atoms with E-state index in [1.807, 2.05) is 19.9 Å². The molecule has 2 N–H and O–H groups in total. The average molecular weight is 373 g/mol. The molecule has 0 aromatic heterocycles. The van der Waals surface area contributed by atoms with Gasteiger partial charge in [-0.05, 0) is 66.5 Å². The standard InChI is InChI=1S/C20H23NO4S/c1-13(2)14-7-10-16(11-8-14)26(24,25)21-18-12-9-15-5-3-4-6-17(15)19(18)20(22)23/h7-13,21H,3-6H2,1-2H3,(H,22,23). The molecule has 0 saturated carbocycles. The van der Waals surface area contributed by atoms with E-state index < -0.39 is 16.0 Å². The van der Waals surface area contributed by atoms with Crippen LogP contribution in [0.3, 0.4) is 0 Å². The molecular formula is C20H23NO4S. The second-order valence-corrected chi connectivity index (χ2v) is 8.65. The van der Waals surface area contributed by atoms with E-state index in [2.05, 4.69) is 4.72 Å². The third-order valence-electron chi connectivity index (χ3n) is 4.85. The number of carbonyl (C=O) groups is 1.